The molecule has 2 nitrogen and oxygen atoms in total. The third-order valence-corrected chi connectivity index (χ3v) is 5.96. The lowest BCUT2D eigenvalue weighted by atomic mass is 9.97. The summed E-state index contributed by atoms with van der Waals surface area (Å²) in [5, 5.41) is 0.909. The Kier molecular flexibility index (Phi) is 6.61. The van der Waals surface area contributed by atoms with E-state index in [9.17, 15) is 4.39 Å². The highest BCUT2D eigenvalue weighted by Gasteiger charge is 2.15. The van der Waals surface area contributed by atoms with Crippen LogP contribution in [-0.2, 0) is 13.2 Å². The summed E-state index contributed by atoms with van der Waals surface area (Å²) in [5.74, 6) is 6.96. The average Bonchev–Trinajstić information content (AvgIpc) is 3.20. The number of aryl methyl sites for hydroxylation is 1. The highest BCUT2D eigenvalue weighted by atomic mass is 19.1. The molecule has 1 heterocycles. The Morgan fingerprint density at radius 3 is 2.47 bits per heavy atom. The van der Waals surface area contributed by atoms with Gasteiger partial charge in [-0.2, -0.15) is 0 Å². The first-order valence-corrected chi connectivity index (χ1v) is 11.1. The van der Waals surface area contributed by atoms with E-state index >= 15 is 0 Å². The summed E-state index contributed by atoms with van der Waals surface area (Å²) in [4.78, 5) is 0. The van der Waals surface area contributed by atoms with Gasteiger partial charge in [-0.05, 0) is 61.2 Å². The minimum Gasteiger partial charge on any atom is -0.489 e. The summed E-state index contributed by atoms with van der Waals surface area (Å²) in [6.45, 7) is 6.91. The molecule has 0 unspecified atom stereocenters. The van der Waals surface area contributed by atoms with Crippen molar-refractivity contribution in [3.8, 4) is 17.6 Å². The molecular weight excluding hydrogens is 397 g/mol. The van der Waals surface area contributed by atoms with Crippen LogP contribution in [0.3, 0.4) is 0 Å². The fraction of sp³-hybridized carbons (Fsp3) is 0.241. The Balaban J connectivity index is 1.56. The molecule has 0 aliphatic rings. The molecule has 0 bridgehead atoms. The second-order valence-electron chi connectivity index (χ2n) is 8.04. The molecular formula is C29H28FNO. The van der Waals surface area contributed by atoms with Crippen LogP contribution in [0.5, 0.6) is 5.75 Å². The van der Waals surface area contributed by atoms with Crippen molar-refractivity contribution in [3.05, 3.63) is 101 Å². The van der Waals surface area contributed by atoms with Crippen LogP contribution >= 0.6 is 0 Å². The van der Waals surface area contributed by atoms with E-state index < -0.39 is 0 Å². The van der Waals surface area contributed by atoms with Gasteiger partial charge in [-0.3, -0.25) is 0 Å². The topological polar surface area (TPSA) is 14.2 Å². The lowest BCUT2D eigenvalue weighted by molar-refractivity contribution is 0.299. The number of hydrogen-bond donors (Lipinski definition) is 0. The summed E-state index contributed by atoms with van der Waals surface area (Å²) >= 11 is 0. The van der Waals surface area contributed by atoms with E-state index in [0.717, 1.165) is 35.2 Å². The zero-order valence-electron chi connectivity index (χ0n) is 18.9. The van der Waals surface area contributed by atoms with E-state index in [4.69, 9.17) is 4.74 Å². The van der Waals surface area contributed by atoms with Crippen molar-refractivity contribution in [3.63, 3.8) is 0 Å². The SMILES string of the molecule is CC#C[C@@H](CC)c1ccc(OCc2c(F)cc3ccn(Cc4ccccc4)c3c2C)cc1. The molecule has 3 aromatic carbocycles. The number of ether oxygens (including phenoxy) is 1. The second-order valence-corrected chi connectivity index (χ2v) is 8.04. The van der Waals surface area contributed by atoms with Crippen LogP contribution in [0, 0.1) is 24.6 Å². The summed E-state index contributed by atoms with van der Waals surface area (Å²) < 4.78 is 23.1. The molecule has 0 saturated carbocycles. The first kappa shape index (κ1) is 21.7. The van der Waals surface area contributed by atoms with Crippen molar-refractivity contribution in [2.24, 2.45) is 0 Å². The molecule has 0 N–H and O–H groups in total. The fourth-order valence-corrected chi connectivity index (χ4v) is 4.22. The van der Waals surface area contributed by atoms with Gasteiger partial charge in [0.2, 0.25) is 0 Å². The van der Waals surface area contributed by atoms with Gasteiger partial charge >= 0.3 is 0 Å². The molecule has 162 valence electrons. The molecule has 1 aromatic heterocycles. The van der Waals surface area contributed by atoms with E-state index in [2.05, 4.69) is 35.5 Å². The maximum atomic E-state index is 14.9. The number of nitrogens with zero attached hydrogens (tertiary/aromatic N) is 1. The number of rotatable bonds is 7. The van der Waals surface area contributed by atoms with Crippen molar-refractivity contribution in [1.29, 1.82) is 0 Å². The minimum atomic E-state index is -0.228. The summed E-state index contributed by atoms with van der Waals surface area (Å²) in [6, 6.07) is 21.9. The number of fused-ring (bicyclic) bond motifs is 1. The van der Waals surface area contributed by atoms with E-state index in [0.29, 0.717) is 5.56 Å². The highest BCUT2D eigenvalue weighted by molar-refractivity contribution is 5.84. The van der Waals surface area contributed by atoms with Gasteiger partial charge in [-0.1, -0.05) is 55.3 Å². The van der Waals surface area contributed by atoms with Gasteiger partial charge in [-0.25, -0.2) is 4.39 Å². The van der Waals surface area contributed by atoms with Crippen molar-refractivity contribution in [2.75, 3.05) is 0 Å². The predicted molar refractivity (Wildman–Crippen MR) is 129 cm³/mol. The summed E-state index contributed by atoms with van der Waals surface area (Å²) in [7, 11) is 0. The van der Waals surface area contributed by atoms with Crippen LogP contribution in [0.4, 0.5) is 4.39 Å². The minimum absolute atomic E-state index is 0.190. The van der Waals surface area contributed by atoms with E-state index in [-0.39, 0.29) is 18.3 Å². The molecule has 0 fully saturated rings. The largest absolute Gasteiger partial charge is 0.489 e. The fourth-order valence-electron chi connectivity index (χ4n) is 4.22. The molecule has 4 rings (SSSR count). The van der Waals surface area contributed by atoms with Crippen LogP contribution in [0.25, 0.3) is 10.9 Å². The van der Waals surface area contributed by atoms with Gasteiger partial charge in [0.05, 0.1) is 5.52 Å². The standard InChI is InChI=1S/C29H28FNO/c1-4-9-23(5-2)24-12-14-26(15-13-24)32-20-27-21(3)29-25(18-28(27)30)16-17-31(29)19-22-10-7-6-8-11-22/h6-8,10-18,23H,5,19-20H2,1-3H3/t23-/m1/s1. The maximum Gasteiger partial charge on any atom is 0.130 e. The predicted octanol–water partition coefficient (Wildman–Crippen LogP) is 7.23. The van der Waals surface area contributed by atoms with Crippen LogP contribution in [0.15, 0.2) is 72.9 Å². The highest BCUT2D eigenvalue weighted by Crippen LogP contribution is 2.28. The number of hydrogen-bond acceptors (Lipinski definition) is 1. The molecule has 0 spiro atoms. The molecule has 0 saturated heterocycles. The average molecular weight is 426 g/mol. The molecule has 1 atom stereocenters. The van der Waals surface area contributed by atoms with E-state index in [1.54, 1.807) is 6.07 Å². The Bertz CT molecular complexity index is 1260. The quantitative estimate of drug-likeness (QED) is 0.285. The zero-order valence-corrected chi connectivity index (χ0v) is 18.9. The first-order valence-electron chi connectivity index (χ1n) is 11.1. The third kappa shape index (κ3) is 4.55. The van der Waals surface area contributed by atoms with Crippen LogP contribution < -0.4 is 4.74 Å². The Morgan fingerprint density at radius 1 is 1.03 bits per heavy atom. The number of benzene rings is 3. The molecule has 4 aromatic rings. The van der Waals surface area contributed by atoms with Crippen LogP contribution in [0.2, 0.25) is 0 Å². The molecule has 32 heavy (non-hydrogen) atoms. The van der Waals surface area contributed by atoms with Crippen molar-refractivity contribution in [1.82, 2.24) is 4.57 Å². The third-order valence-electron chi connectivity index (χ3n) is 5.96. The van der Waals surface area contributed by atoms with Crippen LogP contribution in [0.1, 0.15) is 48.4 Å². The summed E-state index contributed by atoms with van der Waals surface area (Å²) in [5.41, 5.74) is 4.95. The van der Waals surface area contributed by atoms with Crippen LogP contribution in [-0.4, -0.2) is 4.57 Å². The normalized spacial score (nSPS) is 11.8. The van der Waals surface area contributed by atoms with Gasteiger partial charge in [-0.15, -0.1) is 5.92 Å². The maximum absolute atomic E-state index is 14.9. The Morgan fingerprint density at radius 2 is 1.78 bits per heavy atom. The molecule has 3 heteroatoms. The second kappa shape index (κ2) is 9.75. The lowest BCUT2D eigenvalue weighted by Crippen LogP contribution is -2.05. The zero-order chi connectivity index (χ0) is 22.5. The van der Waals surface area contributed by atoms with Gasteiger partial charge < -0.3 is 9.30 Å². The Hall–Kier alpha value is -3.51. The molecule has 0 aliphatic carbocycles. The van der Waals surface area contributed by atoms with Gasteiger partial charge in [0.25, 0.3) is 0 Å². The number of aromatic nitrogens is 1. The van der Waals surface area contributed by atoms with Crippen molar-refractivity contribution in [2.45, 2.75) is 46.3 Å². The Labute approximate surface area is 189 Å². The monoisotopic (exact) mass is 425 g/mol. The van der Waals surface area contributed by atoms with Gasteiger partial charge in [0.1, 0.15) is 18.2 Å². The van der Waals surface area contributed by atoms with Crippen molar-refractivity contribution < 1.29 is 9.13 Å². The number of halogens is 1. The lowest BCUT2D eigenvalue weighted by Gasteiger charge is -2.14. The first-order chi connectivity index (χ1) is 15.6. The van der Waals surface area contributed by atoms with Gasteiger partial charge in [0, 0.05) is 29.6 Å². The summed E-state index contributed by atoms with van der Waals surface area (Å²) in [6.07, 6.45) is 2.99. The smallest absolute Gasteiger partial charge is 0.130 e. The molecule has 0 amide bonds. The molecule has 0 aliphatic heterocycles. The van der Waals surface area contributed by atoms with Crippen molar-refractivity contribution >= 4 is 10.9 Å². The van der Waals surface area contributed by atoms with E-state index in [1.165, 1.54) is 11.1 Å². The molecule has 0 radical (unpaired) electrons. The van der Waals surface area contributed by atoms with E-state index in [1.807, 2.05) is 68.6 Å². The van der Waals surface area contributed by atoms with Gasteiger partial charge in [0.15, 0.2) is 0 Å².